The summed E-state index contributed by atoms with van der Waals surface area (Å²) < 4.78 is 19.1. The van der Waals surface area contributed by atoms with E-state index in [1.54, 1.807) is 12.1 Å². The minimum absolute atomic E-state index is 0.0490. The van der Waals surface area contributed by atoms with Crippen molar-refractivity contribution in [1.29, 1.82) is 0 Å². The third-order valence-electron chi connectivity index (χ3n) is 7.66. The smallest absolute Gasteiger partial charge is 0.192 e. The van der Waals surface area contributed by atoms with E-state index in [1.165, 1.54) is 24.2 Å². The van der Waals surface area contributed by atoms with E-state index in [0.29, 0.717) is 16.5 Å². The lowest BCUT2D eigenvalue weighted by Gasteiger charge is -2.25. The van der Waals surface area contributed by atoms with E-state index in [1.807, 2.05) is 42.5 Å². The molecule has 5 nitrogen and oxygen atoms in total. The maximum Gasteiger partial charge on any atom is 0.192 e. The Bertz CT molecular complexity index is 1620. The van der Waals surface area contributed by atoms with E-state index >= 15 is 0 Å². The van der Waals surface area contributed by atoms with Crippen LogP contribution in [0.5, 0.6) is 0 Å². The Morgan fingerprint density at radius 1 is 0.923 bits per heavy atom. The van der Waals surface area contributed by atoms with Crippen molar-refractivity contribution in [3.63, 3.8) is 0 Å². The molecule has 6 rings (SSSR count). The first kappa shape index (κ1) is 25.6. The van der Waals surface area contributed by atoms with Crippen LogP contribution in [0.3, 0.4) is 0 Å². The normalized spacial score (nSPS) is 14.2. The SMILES string of the molecule is CCn1c(-c2ccccc2)c(C(=O)CSc2nnc(-c3ccccc3F)n2C2CCCCC2)c2ccccc21. The van der Waals surface area contributed by atoms with Crippen molar-refractivity contribution in [2.45, 2.75) is 56.8 Å². The summed E-state index contributed by atoms with van der Waals surface area (Å²) >= 11 is 1.40. The monoisotopic (exact) mass is 538 g/mol. The molecule has 5 aromatic rings. The van der Waals surface area contributed by atoms with Gasteiger partial charge in [0.05, 0.1) is 22.6 Å². The number of ketones is 1. The van der Waals surface area contributed by atoms with Crippen LogP contribution in [0.2, 0.25) is 0 Å². The van der Waals surface area contributed by atoms with Gasteiger partial charge in [-0.25, -0.2) is 4.39 Å². The van der Waals surface area contributed by atoms with Crippen LogP contribution in [0.4, 0.5) is 4.39 Å². The lowest BCUT2D eigenvalue weighted by Crippen LogP contribution is -2.16. The highest BCUT2D eigenvalue weighted by molar-refractivity contribution is 7.99. The molecule has 1 fully saturated rings. The zero-order chi connectivity index (χ0) is 26.8. The lowest BCUT2D eigenvalue weighted by molar-refractivity contribution is 0.102. The number of aryl methyl sites for hydroxylation is 1. The predicted octanol–water partition coefficient (Wildman–Crippen LogP) is 8.21. The molecule has 1 aliphatic rings. The first-order valence-electron chi connectivity index (χ1n) is 13.7. The highest BCUT2D eigenvalue weighted by Crippen LogP contribution is 2.38. The molecule has 0 saturated heterocycles. The third kappa shape index (κ3) is 4.80. The third-order valence-corrected chi connectivity index (χ3v) is 8.61. The predicted molar refractivity (Wildman–Crippen MR) is 156 cm³/mol. The lowest BCUT2D eigenvalue weighted by atomic mass is 9.95. The number of aromatic nitrogens is 4. The molecular weight excluding hydrogens is 507 g/mol. The van der Waals surface area contributed by atoms with Crippen LogP contribution in [-0.4, -0.2) is 30.9 Å². The van der Waals surface area contributed by atoms with Crippen molar-refractivity contribution in [2.75, 3.05) is 5.75 Å². The summed E-state index contributed by atoms with van der Waals surface area (Å²) in [6.07, 6.45) is 5.46. The fourth-order valence-electron chi connectivity index (χ4n) is 5.88. The average molecular weight is 539 g/mol. The number of para-hydroxylation sites is 1. The molecule has 0 atom stereocenters. The number of rotatable bonds is 8. The van der Waals surface area contributed by atoms with Crippen molar-refractivity contribution in [3.8, 4) is 22.6 Å². The van der Waals surface area contributed by atoms with Gasteiger partial charge in [0.15, 0.2) is 16.8 Å². The molecule has 2 heterocycles. The molecule has 0 spiro atoms. The van der Waals surface area contributed by atoms with Gasteiger partial charge in [-0.05, 0) is 43.5 Å². The van der Waals surface area contributed by atoms with Gasteiger partial charge in [-0.15, -0.1) is 10.2 Å². The van der Waals surface area contributed by atoms with E-state index in [9.17, 15) is 9.18 Å². The van der Waals surface area contributed by atoms with Gasteiger partial charge >= 0.3 is 0 Å². The van der Waals surface area contributed by atoms with Gasteiger partial charge in [0, 0.05) is 23.5 Å². The fourth-order valence-corrected chi connectivity index (χ4v) is 6.76. The Kier molecular flexibility index (Phi) is 7.33. The number of fused-ring (bicyclic) bond motifs is 1. The van der Waals surface area contributed by atoms with Gasteiger partial charge in [0.25, 0.3) is 0 Å². The number of nitrogens with zero attached hydrogens (tertiary/aromatic N) is 4. The topological polar surface area (TPSA) is 52.7 Å². The summed E-state index contributed by atoms with van der Waals surface area (Å²) in [7, 11) is 0. The molecule has 0 bridgehead atoms. The number of thioether (sulfide) groups is 1. The highest BCUT2D eigenvalue weighted by atomic mass is 32.2. The fraction of sp³-hybridized carbons (Fsp3) is 0.281. The molecular formula is C32H31FN4OS. The molecule has 0 unspecified atom stereocenters. The largest absolute Gasteiger partial charge is 0.340 e. The van der Waals surface area contributed by atoms with E-state index < -0.39 is 0 Å². The van der Waals surface area contributed by atoms with Crippen LogP contribution in [0.1, 0.15) is 55.4 Å². The molecule has 7 heteroatoms. The second-order valence-corrected chi connectivity index (χ2v) is 11.0. The van der Waals surface area contributed by atoms with E-state index in [0.717, 1.165) is 60.0 Å². The zero-order valence-corrected chi connectivity index (χ0v) is 22.8. The molecule has 3 aromatic carbocycles. The summed E-state index contributed by atoms with van der Waals surface area (Å²) in [6, 6.07) is 25.2. The molecule has 2 aromatic heterocycles. The summed E-state index contributed by atoms with van der Waals surface area (Å²) in [5.41, 5.74) is 4.22. The Balaban J connectivity index is 1.38. The van der Waals surface area contributed by atoms with E-state index in [-0.39, 0.29) is 23.4 Å². The Morgan fingerprint density at radius 3 is 2.41 bits per heavy atom. The molecule has 0 radical (unpaired) electrons. The number of hydrogen-bond donors (Lipinski definition) is 0. The minimum atomic E-state index is -0.311. The summed E-state index contributed by atoms with van der Waals surface area (Å²) in [4.78, 5) is 14.0. The zero-order valence-electron chi connectivity index (χ0n) is 22.0. The van der Waals surface area contributed by atoms with E-state index in [2.05, 4.69) is 44.5 Å². The number of carbonyl (C=O) groups is 1. The quantitative estimate of drug-likeness (QED) is 0.148. The molecule has 198 valence electrons. The second-order valence-electron chi connectivity index (χ2n) is 10.0. The first-order valence-corrected chi connectivity index (χ1v) is 14.7. The van der Waals surface area contributed by atoms with Gasteiger partial charge in [0.2, 0.25) is 0 Å². The van der Waals surface area contributed by atoms with Crippen molar-refractivity contribution in [1.82, 2.24) is 19.3 Å². The van der Waals surface area contributed by atoms with Crippen LogP contribution in [0, 0.1) is 5.82 Å². The maximum absolute atomic E-state index is 14.8. The van der Waals surface area contributed by atoms with Gasteiger partial charge in [0.1, 0.15) is 5.82 Å². The van der Waals surface area contributed by atoms with Gasteiger partial charge in [-0.3, -0.25) is 9.36 Å². The summed E-state index contributed by atoms with van der Waals surface area (Å²) in [6.45, 7) is 2.87. The van der Waals surface area contributed by atoms with Crippen LogP contribution in [0.15, 0.2) is 84.0 Å². The molecule has 39 heavy (non-hydrogen) atoms. The van der Waals surface area contributed by atoms with Gasteiger partial charge in [-0.1, -0.05) is 91.7 Å². The Morgan fingerprint density at radius 2 is 1.64 bits per heavy atom. The maximum atomic E-state index is 14.8. The van der Waals surface area contributed by atoms with Crippen LogP contribution in [-0.2, 0) is 6.54 Å². The number of carbonyl (C=O) groups excluding carboxylic acids is 1. The van der Waals surface area contributed by atoms with Crippen molar-refractivity contribution >= 4 is 28.4 Å². The van der Waals surface area contributed by atoms with Gasteiger partial charge < -0.3 is 4.57 Å². The highest BCUT2D eigenvalue weighted by Gasteiger charge is 2.27. The molecule has 1 aliphatic carbocycles. The van der Waals surface area contributed by atoms with Crippen molar-refractivity contribution in [2.24, 2.45) is 0 Å². The van der Waals surface area contributed by atoms with Crippen LogP contribution >= 0.6 is 11.8 Å². The number of benzene rings is 3. The molecule has 0 aliphatic heterocycles. The number of hydrogen-bond acceptors (Lipinski definition) is 4. The van der Waals surface area contributed by atoms with Crippen molar-refractivity contribution < 1.29 is 9.18 Å². The summed E-state index contributed by atoms with van der Waals surface area (Å²) in [5, 5.41) is 10.6. The summed E-state index contributed by atoms with van der Waals surface area (Å²) in [5.74, 6) is 0.504. The van der Waals surface area contributed by atoms with E-state index in [4.69, 9.17) is 0 Å². The molecule has 1 saturated carbocycles. The second kappa shape index (κ2) is 11.2. The number of Topliss-reactive ketones (excluding diaryl/α,β-unsaturated/α-hetero) is 1. The standard InChI is InChI=1S/C32H31FN4OS/c1-2-36-27-20-12-10-18-25(27)29(30(36)22-13-5-3-6-14-22)28(38)21-39-32-35-34-31(24-17-9-11-19-26(24)33)37(32)23-15-7-4-8-16-23/h3,5-6,9-14,17-20,23H,2,4,7-8,15-16,21H2,1H3. The van der Waals surface area contributed by atoms with Gasteiger partial charge in [-0.2, -0.15) is 0 Å². The average Bonchev–Trinajstić information content (AvgIpc) is 3.56. The minimum Gasteiger partial charge on any atom is -0.340 e. The Hall–Kier alpha value is -3.71. The molecule has 0 amide bonds. The van der Waals surface area contributed by atoms with Crippen molar-refractivity contribution in [3.05, 3.63) is 90.2 Å². The number of halogens is 1. The van der Waals surface area contributed by atoms with Crippen LogP contribution < -0.4 is 0 Å². The molecule has 0 N–H and O–H groups in total. The first-order chi connectivity index (χ1) is 19.2. The van der Waals surface area contributed by atoms with Crippen LogP contribution in [0.25, 0.3) is 33.5 Å². The Labute approximate surface area is 232 Å².